The van der Waals surface area contributed by atoms with Gasteiger partial charge in [0.2, 0.25) is 0 Å². The molecular formula is C26H23ClN6O4S. The van der Waals surface area contributed by atoms with Crippen LogP contribution in [-0.4, -0.2) is 43.7 Å². The van der Waals surface area contributed by atoms with Crippen molar-refractivity contribution in [2.75, 3.05) is 12.4 Å². The summed E-state index contributed by atoms with van der Waals surface area (Å²) < 4.78 is 7.41. The van der Waals surface area contributed by atoms with Gasteiger partial charge in [-0.05, 0) is 62.4 Å². The Morgan fingerprint density at radius 1 is 1.13 bits per heavy atom. The van der Waals surface area contributed by atoms with Gasteiger partial charge < -0.3 is 4.74 Å². The summed E-state index contributed by atoms with van der Waals surface area (Å²) in [5.41, 5.74) is 5.03. The van der Waals surface area contributed by atoms with Crippen LogP contribution in [0.1, 0.15) is 19.4 Å². The number of ether oxygens (including phenoxy) is 1. The molecular weight excluding hydrogens is 528 g/mol. The second-order valence-electron chi connectivity index (χ2n) is 7.90. The highest BCUT2D eigenvalue weighted by atomic mass is 35.5. The Labute approximate surface area is 227 Å². The summed E-state index contributed by atoms with van der Waals surface area (Å²) in [6, 6.07) is 20.8. The number of halogens is 1. The lowest BCUT2D eigenvalue weighted by atomic mass is 10.1. The third-order valence-electron chi connectivity index (χ3n) is 5.30. The van der Waals surface area contributed by atoms with E-state index in [-0.39, 0.29) is 17.3 Å². The van der Waals surface area contributed by atoms with Gasteiger partial charge in [-0.3, -0.25) is 19.5 Å². The van der Waals surface area contributed by atoms with Crippen LogP contribution in [0, 0.1) is 10.1 Å². The van der Waals surface area contributed by atoms with E-state index in [0.717, 1.165) is 17.0 Å². The number of hydrazone groups is 1. The van der Waals surface area contributed by atoms with Crippen molar-refractivity contribution in [3.05, 3.63) is 93.5 Å². The van der Waals surface area contributed by atoms with Crippen LogP contribution in [0.4, 0.5) is 5.69 Å². The van der Waals surface area contributed by atoms with Crippen LogP contribution in [0.25, 0.3) is 17.1 Å². The number of amides is 1. The summed E-state index contributed by atoms with van der Waals surface area (Å²) in [7, 11) is 0. The maximum absolute atomic E-state index is 12.6. The molecule has 10 nitrogen and oxygen atoms in total. The lowest BCUT2D eigenvalue weighted by Gasteiger charge is -2.11. The van der Waals surface area contributed by atoms with Crippen LogP contribution in [0.3, 0.4) is 0 Å². The number of benzene rings is 3. The molecule has 0 aliphatic heterocycles. The quantitative estimate of drug-likeness (QED) is 0.119. The van der Waals surface area contributed by atoms with Crippen LogP contribution in [0.5, 0.6) is 5.75 Å². The van der Waals surface area contributed by atoms with Crippen molar-refractivity contribution in [2.24, 2.45) is 5.10 Å². The Morgan fingerprint density at radius 2 is 1.87 bits per heavy atom. The Bertz CT molecular complexity index is 1470. The maximum atomic E-state index is 12.6. The molecule has 0 unspecified atom stereocenters. The van der Waals surface area contributed by atoms with E-state index in [9.17, 15) is 14.9 Å². The molecule has 0 saturated carbocycles. The highest BCUT2D eigenvalue weighted by Gasteiger charge is 2.18. The van der Waals surface area contributed by atoms with E-state index in [1.165, 1.54) is 23.9 Å². The SMILES string of the molecule is CCOc1ccc(-n2c(SCC(=O)N/N=C(\C)c3cccc([N+](=O)[O-])c3)nnc2-c2ccc(Cl)cc2)cc1. The number of nitrogens with zero attached hydrogens (tertiary/aromatic N) is 5. The molecule has 0 saturated heterocycles. The molecule has 4 aromatic rings. The average molecular weight is 551 g/mol. The van der Waals surface area contributed by atoms with E-state index in [1.54, 1.807) is 31.2 Å². The molecule has 0 aliphatic carbocycles. The molecule has 0 bridgehead atoms. The van der Waals surface area contributed by atoms with Gasteiger partial charge in [-0.15, -0.1) is 10.2 Å². The summed E-state index contributed by atoms with van der Waals surface area (Å²) in [6.45, 7) is 4.14. The predicted octanol–water partition coefficient (Wildman–Crippen LogP) is 5.53. The zero-order chi connectivity index (χ0) is 27.1. The first-order valence-corrected chi connectivity index (χ1v) is 12.9. The molecule has 0 spiro atoms. The minimum atomic E-state index is -0.481. The maximum Gasteiger partial charge on any atom is 0.270 e. The number of non-ortho nitro benzene ring substituents is 1. The zero-order valence-corrected chi connectivity index (χ0v) is 22.1. The van der Waals surface area contributed by atoms with Crippen molar-refractivity contribution in [3.8, 4) is 22.8 Å². The van der Waals surface area contributed by atoms with E-state index in [1.807, 2.05) is 47.9 Å². The molecule has 4 rings (SSSR count). The first-order chi connectivity index (χ1) is 18.4. The Balaban J connectivity index is 1.53. The van der Waals surface area contributed by atoms with Crippen molar-refractivity contribution >= 4 is 40.7 Å². The summed E-state index contributed by atoms with van der Waals surface area (Å²) >= 11 is 7.26. The lowest BCUT2D eigenvalue weighted by Crippen LogP contribution is -2.21. The van der Waals surface area contributed by atoms with Gasteiger partial charge in [0.25, 0.3) is 11.6 Å². The van der Waals surface area contributed by atoms with Crippen LogP contribution in [0.2, 0.25) is 5.02 Å². The van der Waals surface area contributed by atoms with Crippen LogP contribution < -0.4 is 10.2 Å². The van der Waals surface area contributed by atoms with Gasteiger partial charge in [-0.25, -0.2) is 5.43 Å². The van der Waals surface area contributed by atoms with E-state index in [2.05, 4.69) is 20.7 Å². The number of aromatic nitrogens is 3. The smallest absolute Gasteiger partial charge is 0.270 e. The molecule has 0 atom stereocenters. The Hall–Kier alpha value is -4.22. The zero-order valence-electron chi connectivity index (χ0n) is 20.5. The van der Waals surface area contributed by atoms with Crippen molar-refractivity contribution < 1.29 is 14.5 Å². The molecule has 12 heteroatoms. The van der Waals surface area contributed by atoms with Crippen LogP contribution in [0.15, 0.2) is 83.1 Å². The molecule has 194 valence electrons. The third-order valence-corrected chi connectivity index (χ3v) is 6.48. The summed E-state index contributed by atoms with van der Waals surface area (Å²) in [5.74, 6) is 0.979. The fraction of sp³-hybridized carbons (Fsp3) is 0.154. The van der Waals surface area contributed by atoms with Crippen molar-refractivity contribution in [1.82, 2.24) is 20.2 Å². The Kier molecular flexibility index (Phi) is 8.72. The first kappa shape index (κ1) is 26.8. The summed E-state index contributed by atoms with van der Waals surface area (Å²) in [5, 5.41) is 24.9. The second kappa shape index (κ2) is 12.3. The van der Waals surface area contributed by atoms with E-state index in [4.69, 9.17) is 16.3 Å². The molecule has 1 aromatic heterocycles. The van der Waals surface area contributed by atoms with Gasteiger partial charge in [0.1, 0.15) is 5.75 Å². The summed E-state index contributed by atoms with van der Waals surface area (Å²) in [4.78, 5) is 23.1. The van der Waals surface area contributed by atoms with Crippen LogP contribution in [-0.2, 0) is 4.79 Å². The molecule has 1 heterocycles. The van der Waals surface area contributed by atoms with E-state index < -0.39 is 4.92 Å². The van der Waals surface area contributed by atoms with Crippen molar-refractivity contribution in [2.45, 2.75) is 19.0 Å². The normalized spacial score (nSPS) is 11.3. The fourth-order valence-corrected chi connectivity index (χ4v) is 4.33. The number of hydrogen-bond donors (Lipinski definition) is 1. The van der Waals surface area contributed by atoms with Gasteiger partial charge in [0.15, 0.2) is 11.0 Å². The predicted molar refractivity (Wildman–Crippen MR) is 147 cm³/mol. The topological polar surface area (TPSA) is 125 Å². The molecule has 0 aliphatic rings. The number of carbonyl (C=O) groups excluding carboxylic acids is 1. The molecule has 3 aromatic carbocycles. The number of rotatable bonds is 10. The largest absolute Gasteiger partial charge is 0.494 e. The summed E-state index contributed by atoms with van der Waals surface area (Å²) in [6.07, 6.45) is 0. The fourth-order valence-electron chi connectivity index (χ4n) is 3.46. The highest BCUT2D eigenvalue weighted by Crippen LogP contribution is 2.29. The molecule has 0 fully saturated rings. The van der Waals surface area contributed by atoms with Gasteiger partial charge in [0.05, 0.1) is 23.0 Å². The number of nitrogens with one attached hydrogen (secondary N) is 1. The second-order valence-corrected chi connectivity index (χ2v) is 9.28. The number of nitro groups is 1. The standard InChI is InChI=1S/C26H23ClN6O4S/c1-3-37-23-13-11-21(12-14-23)32-25(18-7-9-20(27)10-8-18)30-31-26(32)38-16-24(34)29-28-17(2)19-5-4-6-22(15-19)33(35)36/h4-15H,3,16H2,1-2H3,(H,29,34)/b28-17+. The number of hydrogen-bond acceptors (Lipinski definition) is 8. The van der Waals surface area contributed by atoms with Crippen molar-refractivity contribution in [1.29, 1.82) is 0 Å². The van der Waals surface area contributed by atoms with E-state index in [0.29, 0.717) is 33.9 Å². The molecule has 38 heavy (non-hydrogen) atoms. The Morgan fingerprint density at radius 3 is 2.55 bits per heavy atom. The van der Waals surface area contributed by atoms with Gasteiger partial charge in [-0.2, -0.15) is 5.10 Å². The van der Waals surface area contributed by atoms with Gasteiger partial charge >= 0.3 is 0 Å². The number of carbonyl (C=O) groups is 1. The highest BCUT2D eigenvalue weighted by molar-refractivity contribution is 7.99. The number of nitro benzene ring substituents is 1. The van der Waals surface area contributed by atoms with Gasteiger partial charge in [-0.1, -0.05) is 35.5 Å². The van der Waals surface area contributed by atoms with Gasteiger partial charge in [0, 0.05) is 34.0 Å². The van der Waals surface area contributed by atoms with E-state index >= 15 is 0 Å². The minimum absolute atomic E-state index is 0.0154. The molecule has 0 radical (unpaired) electrons. The lowest BCUT2D eigenvalue weighted by molar-refractivity contribution is -0.384. The monoisotopic (exact) mass is 550 g/mol. The number of thioether (sulfide) groups is 1. The molecule has 1 amide bonds. The molecule has 1 N–H and O–H groups in total. The minimum Gasteiger partial charge on any atom is -0.494 e. The van der Waals surface area contributed by atoms with Crippen molar-refractivity contribution in [3.63, 3.8) is 0 Å². The average Bonchev–Trinajstić information content (AvgIpc) is 3.35. The third kappa shape index (κ3) is 6.55. The first-order valence-electron chi connectivity index (χ1n) is 11.5. The van der Waals surface area contributed by atoms with Crippen LogP contribution >= 0.6 is 23.4 Å².